The quantitative estimate of drug-likeness (QED) is 0.815. The van der Waals surface area contributed by atoms with Crippen LogP contribution in [0.3, 0.4) is 0 Å². The predicted octanol–water partition coefficient (Wildman–Crippen LogP) is 2.62. The smallest absolute Gasteiger partial charge is 0.0930 e. The number of rotatable bonds is 5. The molecule has 2 N–H and O–H groups in total. The Morgan fingerprint density at radius 2 is 2.14 bits per heavy atom. The maximum atomic E-state index is 5.70. The highest BCUT2D eigenvalue weighted by Crippen LogP contribution is 2.15. The Bertz CT molecular complexity index is 266. The zero-order valence-electron chi connectivity index (χ0n) is 9.29. The summed E-state index contributed by atoms with van der Waals surface area (Å²) in [7, 11) is 0. The van der Waals surface area contributed by atoms with E-state index < -0.39 is 0 Å². The van der Waals surface area contributed by atoms with Gasteiger partial charge in [-0.3, -0.25) is 0 Å². The highest BCUT2D eigenvalue weighted by atomic mass is 32.1. The van der Waals surface area contributed by atoms with Crippen molar-refractivity contribution in [3.05, 3.63) is 16.1 Å². The van der Waals surface area contributed by atoms with Crippen LogP contribution in [0.25, 0.3) is 0 Å². The van der Waals surface area contributed by atoms with Gasteiger partial charge in [-0.05, 0) is 25.7 Å². The van der Waals surface area contributed by atoms with Gasteiger partial charge in [0.1, 0.15) is 0 Å². The van der Waals surface area contributed by atoms with Crippen LogP contribution in [0, 0.1) is 5.92 Å². The molecule has 80 valence electrons. The average Bonchev–Trinajstić information content (AvgIpc) is 2.47. The van der Waals surface area contributed by atoms with Crippen LogP contribution in [0.2, 0.25) is 0 Å². The maximum absolute atomic E-state index is 5.70. The number of hydrogen-bond donors (Lipinski definition) is 1. The zero-order valence-corrected chi connectivity index (χ0v) is 10.1. The molecule has 0 amide bonds. The van der Waals surface area contributed by atoms with Crippen LogP contribution in [0.5, 0.6) is 0 Å². The standard InChI is InChI=1S/C11H20N2S/c1-8(2)6-11-13-10(7-14-11)5-4-9(3)12/h7-9H,4-6,12H2,1-3H3. The molecule has 0 radical (unpaired) electrons. The van der Waals surface area contributed by atoms with E-state index in [2.05, 4.69) is 24.2 Å². The molecule has 1 aromatic heterocycles. The van der Waals surface area contributed by atoms with Crippen LogP contribution in [-0.2, 0) is 12.8 Å². The maximum Gasteiger partial charge on any atom is 0.0930 e. The Balaban J connectivity index is 2.42. The van der Waals surface area contributed by atoms with Gasteiger partial charge >= 0.3 is 0 Å². The molecular formula is C11H20N2S. The molecule has 0 spiro atoms. The first kappa shape index (κ1) is 11.7. The molecule has 0 aromatic carbocycles. The first-order chi connectivity index (χ1) is 6.58. The van der Waals surface area contributed by atoms with Crippen LogP contribution in [0.1, 0.15) is 37.9 Å². The minimum absolute atomic E-state index is 0.283. The van der Waals surface area contributed by atoms with Crippen molar-refractivity contribution in [2.45, 2.75) is 46.1 Å². The van der Waals surface area contributed by atoms with Crippen LogP contribution in [-0.4, -0.2) is 11.0 Å². The molecule has 3 heteroatoms. The van der Waals surface area contributed by atoms with Crippen LogP contribution in [0.15, 0.2) is 5.38 Å². The highest BCUT2D eigenvalue weighted by molar-refractivity contribution is 7.09. The van der Waals surface area contributed by atoms with Gasteiger partial charge in [0.15, 0.2) is 0 Å². The van der Waals surface area contributed by atoms with Gasteiger partial charge in [0.25, 0.3) is 0 Å². The normalized spacial score (nSPS) is 13.5. The average molecular weight is 212 g/mol. The number of nitrogens with zero attached hydrogens (tertiary/aromatic N) is 1. The van der Waals surface area contributed by atoms with Gasteiger partial charge < -0.3 is 5.73 Å². The van der Waals surface area contributed by atoms with Gasteiger partial charge in [-0.15, -0.1) is 11.3 Å². The van der Waals surface area contributed by atoms with Gasteiger partial charge in [0, 0.05) is 17.8 Å². The molecule has 1 rings (SSSR count). The number of aryl methyl sites for hydroxylation is 1. The SMILES string of the molecule is CC(C)Cc1nc(CCC(C)N)cs1. The second-order valence-corrected chi connectivity index (χ2v) is 5.29. The van der Waals surface area contributed by atoms with Gasteiger partial charge in [0.05, 0.1) is 10.7 Å². The largest absolute Gasteiger partial charge is 0.328 e. The van der Waals surface area contributed by atoms with E-state index in [1.165, 1.54) is 10.7 Å². The van der Waals surface area contributed by atoms with Crippen LogP contribution in [0.4, 0.5) is 0 Å². The third kappa shape index (κ3) is 4.20. The van der Waals surface area contributed by atoms with E-state index in [4.69, 9.17) is 5.73 Å². The van der Waals surface area contributed by atoms with Crippen molar-refractivity contribution in [1.82, 2.24) is 4.98 Å². The van der Waals surface area contributed by atoms with Crippen LogP contribution >= 0.6 is 11.3 Å². The molecule has 0 saturated carbocycles. The molecule has 0 aliphatic rings. The zero-order chi connectivity index (χ0) is 10.6. The summed E-state index contributed by atoms with van der Waals surface area (Å²) in [5, 5.41) is 3.43. The number of thiazole rings is 1. The molecule has 14 heavy (non-hydrogen) atoms. The molecule has 1 heterocycles. The van der Waals surface area contributed by atoms with Crippen molar-refractivity contribution in [2.24, 2.45) is 11.7 Å². The first-order valence-electron chi connectivity index (χ1n) is 5.26. The van der Waals surface area contributed by atoms with E-state index >= 15 is 0 Å². The van der Waals surface area contributed by atoms with Crippen molar-refractivity contribution < 1.29 is 0 Å². The van der Waals surface area contributed by atoms with Crippen LogP contribution < -0.4 is 5.73 Å². The number of nitrogens with two attached hydrogens (primary N) is 1. The monoisotopic (exact) mass is 212 g/mol. The van der Waals surface area contributed by atoms with Gasteiger partial charge in [0.2, 0.25) is 0 Å². The lowest BCUT2D eigenvalue weighted by atomic mass is 10.1. The van der Waals surface area contributed by atoms with Gasteiger partial charge in [-0.25, -0.2) is 4.98 Å². The minimum atomic E-state index is 0.283. The molecule has 1 aromatic rings. The lowest BCUT2D eigenvalue weighted by Gasteiger charge is -2.01. The highest BCUT2D eigenvalue weighted by Gasteiger charge is 2.04. The Hall–Kier alpha value is -0.410. The summed E-state index contributed by atoms with van der Waals surface area (Å²) >= 11 is 1.78. The van der Waals surface area contributed by atoms with Gasteiger partial charge in [-0.1, -0.05) is 13.8 Å². The minimum Gasteiger partial charge on any atom is -0.328 e. The van der Waals surface area contributed by atoms with E-state index in [9.17, 15) is 0 Å². The fraction of sp³-hybridized carbons (Fsp3) is 0.727. The van der Waals surface area contributed by atoms with Crippen molar-refractivity contribution >= 4 is 11.3 Å². The van der Waals surface area contributed by atoms with E-state index in [1.54, 1.807) is 11.3 Å². The third-order valence-corrected chi connectivity index (χ3v) is 2.96. The van der Waals surface area contributed by atoms with Crippen molar-refractivity contribution in [3.8, 4) is 0 Å². The molecule has 1 unspecified atom stereocenters. The van der Waals surface area contributed by atoms with E-state index in [-0.39, 0.29) is 6.04 Å². The molecule has 0 fully saturated rings. The summed E-state index contributed by atoms with van der Waals surface area (Å²) < 4.78 is 0. The number of aromatic nitrogens is 1. The van der Waals surface area contributed by atoms with E-state index in [0.717, 1.165) is 19.3 Å². The topological polar surface area (TPSA) is 38.9 Å². The third-order valence-electron chi connectivity index (χ3n) is 2.04. The summed E-state index contributed by atoms with van der Waals surface area (Å²) in [5.74, 6) is 0.697. The summed E-state index contributed by atoms with van der Waals surface area (Å²) in [4.78, 5) is 4.59. The lowest BCUT2D eigenvalue weighted by Crippen LogP contribution is -2.15. The fourth-order valence-electron chi connectivity index (χ4n) is 1.28. The molecule has 0 bridgehead atoms. The summed E-state index contributed by atoms with van der Waals surface area (Å²) in [6.07, 6.45) is 3.15. The lowest BCUT2D eigenvalue weighted by molar-refractivity contribution is 0.635. The molecule has 2 nitrogen and oxygen atoms in total. The first-order valence-corrected chi connectivity index (χ1v) is 6.14. The van der Waals surface area contributed by atoms with Gasteiger partial charge in [-0.2, -0.15) is 0 Å². The van der Waals surface area contributed by atoms with E-state index in [1.807, 2.05) is 6.92 Å². The summed E-state index contributed by atoms with van der Waals surface area (Å²) in [5.41, 5.74) is 6.91. The van der Waals surface area contributed by atoms with Crippen molar-refractivity contribution in [3.63, 3.8) is 0 Å². The molecule has 0 aliphatic heterocycles. The fourth-order valence-corrected chi connectivity index (χ4v) is 2.32. The molecular weight excluding hydrogens is 192 g/mol. The summed E-state index contributed by atoms with van der Waals surface area (Å²) in [6.45, 7) is 6.49. The van der Waals surface area contributed by atoms with E-state index in [0.29, 0.717) is 5.92 Å². The molecule has 0 saturated heterocycles. The Morgan fingerprint density at radius 3 is 2.71 bits per heavy atom. The van der Waals surface area contributed by atoms with Crippen molar-refractivity contribution in [2.75, 3.05) is 0 Å². The Kier molecular flexibility index (Phi) is 4.55. The second kappa shape index (κ2) is 5.47. The Morgan fingerprint density at radius 1 is 1.43 bits per heavy atom. The summed E-state index contributed by atoms with van der Waals surface area (Å²) in [6, 6.07) is 0.283. The second-order valence-electron chi connectivity index (χ2n) is 4.35. The molecule has 0 aliphatic carbocycles. The Labute approximate surface area is 90.6 Å². The predicted molar refractivity (Wildman–Crippen MR) is 62.6 cm³/mol. The number of hydrogen-bond acceptors (Lipinski definition) is 3. The molecule has 1 atom stereocenters. The van der Waals surface area contributed by atoms with Crippen molar-refractivity contribution in [1.29, 1.82) is 0 Å².